The van der Waals surface area contributed by atoms with Gasteiger partial charge in [0.1, 0.15) is 30.2 Å². The highest BCUT2D eigenvalue weighted by Crippen LogP contribution is 2.20. The summed E-state index contributed by atoms with van der Waals surface area (Å²) in [6.07, 6.45) is 1.28. The van der Waals surface area contributed by atoms with Crippen molar-refractivity contribution in [2.45, 2.75) is 88.3 Å². The van der Waals surface area contributed by atoms with Crippen LogP contribution < -0.4 is 37.6 Å². The lowest BCUT2D eigenvalue weighted by molar-refractivity contribution is -0.143. The van der Waals surface area contributed by atoms with Crippen LogP contribution in [0.4, 0.5) is 0 Å². The van der Waals surface area contributed by atoms with Crippen LogP contribution in [-0.4, -0.2) is 100 Å². The first-order valence-electron chi connectivity index (χ1n) is 21.4. The van der Waals surface area contributed by atoms with Gasteiger partial charge in [0.2, 0.25) is 29.5 Å². The quantitative estimate of drug-likeness (QED) is 0.0382. The number of aromatic nitrogens is 1. The molecule has 1 heterocycles. The molecule has 0 aliphatic carbocycles. The zero-order chi connectivity index (χ0) is 45.8. The molecule has 1 aromatic heterocycles. The van der Waals surface area contributed by atoms with Crippen LogP contribution in [0.5, 0.6) is 0 Å². The highest BCUT2D eigenvalue weighted by Gasteiger charge is 2.34. The number of rotatable bonds is 25. The number of fused-ring (bicyclic) bond motifs is 1. The van der Waals surface area contributed by atoms with E-state index in [9.17, 15) is 39.0 Å². The predicted octanol–water partition coefficient (Wildman–Crippen LogP) is 2.00. The van der Waals surface area contributed by atoms with Crippen molar-refractivity contribution in [3.63, 3.8) is 0 Å². The van der Waals surface area contributed by atoms with Crippen molar-refractivity contribution in [2.24, 2.45) is 5.73 Å². The number of hydrogen-bond acceptors (Lipinski definition) is 9. The number of amides is 5. The zero-order valence-corrected chi connectivity index (χ0v) is 35.8. The number of carbonyl (C=O) groups excluding carboxylic acids is 5. The van der Waals surface area contributed by atoms with Gasteiger partial charge in [-0.25, -0.2) is 4.79 Å². The normalized spacial score (nSPS) is 13.9. The molecule has 11 N–H and O–H groups in total. The minimum absolute atomic E-state index is 0.0138. The number of unbranched alkanes of at least 4 members (excludes halogenated alkanes) is 1. The molecule has 0 bridgehead atoms. The molecule has 4 aromatic carbocycles. The summed E-state index contributed by atoms with van der Waals surface area (Å²) in [6.45, 7) is 1.92. The van der Waals surface area contributed by atoms with E-state index in [1.54, 1.807) is 36.5 Å². The Bertz CT molecular complexity index is 2290. The van der Waals surface area contributed by atoms with Gasteiger partial charge >= 0.3 is 5.97 Å². The van der Waals surface area contributed by atoms with Crippen molar-refractivity contribution in [3.8, 4) is 0 Å². The number of para-hydroxylation sites is 1. The zero-order valence-electron chi connectivity index (χ0n) is 35.8. The number of aliphatic carboxylic acids is 1. The second kappa shape index (κ2) is 24.7. The van der Waals surface area contributed by atoms with Crippen molar-refractivity contribution >= 4 is 46.4 Å². The molecule has 0 unspecified atom stereocenters. The minimum Gasteiger partial charge on any atom is -0.480 e. The second-order valence-electron chi connectivity index (χ2n) is 15.7. The minimum atomic E-state index is -1.59. The van der Waals surface area contributed by atoms with E-state index in [1.165, 1.54) is 6.92 Å². The molecule has 0 aliphatic heterocycles. The molecular weight excluding hydrogens is 817 g/mol. The molecule has 338 valence electrons. The molecule has 0 saturated heterocycles. The third-order valence-corrected chi connectivity index (χ3v) is 10.7. The molecule has 64 heavy (non-hydrogen) atoms. The van der Waals surface area contributed by atoms with E-state index in [4.69, 9.17) is 5.73 Å². The van der Waals surface area contributed by atoms with E-state index in [0.29, 0.717) is 37.1 Å². The second-order valence-corrected chi connectivity index (χ2v) is 15.7. The fourth-order valence-electron chi connectivity index (χ4n) is 7.23. The monoisotopic (exact) mass is 874 g/mol. The van der Waals surface area contributed by atoms with Crippen LogP contribution in [0.2, 0.25) is 0 Å². The Balaban J connectivity index is 1.36. The smallest absolute Gasteiger partial charge is 0.326 e. The van der Waals surface area contributed by atoms with Gasteiger partial charge in [0.05, 0.1) is 12.6 Å². The Kier molecular flexibility index (Phi) is 18.6. The summed E-state index contributed by atoms with van der Waals surface area (Å²) >= 11 is 0. The Morgan fingerprint density at radius 1 is 0.594 bits per heavy atom. The fourth-order valence-corrected chi connectivity index (χ4v) is 7.23. The molecule has 5 amide bonds. The maximum absolute atomic E-state index is 14.5. The van der Waals surface area contributed by atoms with E-state index in [2.05, 4.69) is 36.9 Å². The largest absolute Gasteiger partial charge is 0.480 e. The number of hydrogen-bond donors (Lipinski definition) is 10. The van der Waals surface area contributed by atoms with E-state index in [-0.39, 0.29) is 32.2 Å². The molecule has 16 nitrogen and oxygen atoms in total. The summed E-state index contributed by atoms with van der Waals surface area (Å²) in [4.78, 5) is 85.0. The van der Waals surface area contributed by atoms with Crippen molar-refractivity contribution < 1.29 is 39.0 Å². The maximum atomic E-state index is 14.5. The van der Waals surface area contributed by atoms with Crippen LogP contribution in [-0.2, 0) is 54.6 Å². The molecular formula is C48H58N8O8. The van der Waals surface area contributed by atoms with E-state index >= 15 is 0 Å². The van der Waals surface area contributed by atoms with Crippen LogP contribution in [0.3, 0.4) is 0 Å². The van der Waals surface area contributed by atoms with E-state index in [1.807, 2.05) is 84.9 Å². The van der Waals surface area contributed by atoms with Crippen molar-refractivity contribution in [3.05, 3.63) is 144 Å². The first-order valence-corrected chi connectivity index (χ1v) is 21.4. The van der Waals surface area contributed by atoms with Crippen molar-refractivity contribution in [1.29, 1.82) is 0 Å². The van der Waals surface area contributed by atoms with Gasteiger partial charge in [0, 0.05) is 42.9 Å². The van der Waals surface area contributed by atoms with Gasteiger partial charge in [0.15, 0.2) is 0 Å². The molecule has 0 spiro atoms. The van der Waals surface area contributed by atoms with Gasteiger partial charge in [0.25, 0.3) is 0 Å². The molecule has 0 aliphatic rings. The van der Waals surface area contributed by atoms with Crippen LogP contribution >= 0.6 is 0 Å². The van der Waals surface area contributed by atoms with Crippen LogP contribution in [0.25, 0.3) is 10.9 Å². The van der Waals surface area contributed by atoms with Gasteiger partial charge in [-0.3, -0.25) is 24.0 Å². The summed E-state index contributed by atoms with van der Waals surface area (Å²) in [6, 6.07) is 28.2. The SMILES string of the molecule is C[C@@H](O)[C@H](NC(=O)[C@H](CCCCN)NC(=O)[C@@H](Cc1c[nH]c2ccccc12)NC(=O)[C@H](Cc1ccccc1)NC(=O)CNCc1ccccc1)C(=O)N[C@@H](Cc1ccccc1)C(=O)O. The highest BCUT2D eigenvalue weighted by atomic mass is 16.4. The number of nitrogens with two attached hydrogens (primary N) is 1. The van der Waals surface area contributed by atoms with Gasteiger partial charge in [-0.2, -0.15) is 0 Å². The molecule has 16 heteroatoms. The lowest BCUT2D eigenvalue weighted by Gasteiger charge is -2.28. The summed E-state index contributed by atoms with van der Waals surface area (Å²) < 4.78 is 0. The number of benzene rings is 4. The summed E-state index contributed by atoms with van der Waals surface area (Å²) in [5.41, 5.74) is 9.66. The van der Waals surface area contributed by atoms with Crippen molar-refractivity contribution in [2.75, 3.05) is 13.1 Å². The maximum Gasteiger partial charge on any atom is 0.326 e. The van der Waals surface area contributed by atoms with Gasteiger partial charge in [-0.1, -0.05) is 109 Å². The standard InChI is InChI=1S/C48H58N8O8/c1-31(57)43(47(62)55-41(48(63)64)26-33-17-7-3-8-18-33)56-44(59)38(23-13-14-24-49)53-46(61)40(27-35-29-51-37-22-12-11-21-36(35)37)54-45(60)39(25-32-15-5-2-6-16-32)52-42(58)30-50-28-34-19-9-4-10-20-34/h2-12,15-22,29,31,38-41,43,50-51,57H,13-14,23-28,30,49H2,1H3,(H,52,58)(H,53,61)(H,54,60)(H,55,62)(H,56,59)(H,63,64)/t31-,38+,39+,40-,41+,43+/m1/s1. The van der Waals surface area contributed by atoms with Gasteiger partial charge < -0.3 is 52.8 Å². The Hall–Kier alpha value is -6.88. The highest BCUT2D eigenvalue weighted by molar-refractivity contribution is 5.97. The number of carboxylic acids is 1. The lowest BCUT2D eigenvalue weighted by atomic mass is 10.0. The van der Waals surface area contributed by atoms with E-state index < -0.39 is 71.8 Å². The number of aliphatic hydroxyl groups excluding tert-OH is 1. The number of aromatic amines is 1. The summed E-state index contributed by atoms with van der Waals surface area (Å²) in [5.74, 6) is -4.88. The first kappa shape index (κ1) is 48.2. The Labute approximate surface area is 372 Å². The molecule has 0 radical (unpaired) electrons. The molecule has 6 atom stereocenters. The van der Waals surface area contributed by atoms with Crippen molar-refractivity contribution in [1.82, 2.24) is 36.9 Å². The van der Waals surface area contributed by atoms with Crippen LogP contribution in [0.1, 0.15) is 48.4 Å². The molecule has 5 rings (SSSR count). The number of H-pyrrole nitrogens is 1. The third kappa shape index (κ3) is 14.9. The fraction of sp³-hybridized carbons (Fsp3) is 0.333. The number of aliphatic hydroxyl groups is 1. The molecule has 5 aromatic rings. The number of carbonyl (C=O) groups is 6. The Morgan fingerprint density at radius 3 is 1.70 bits per heavy atom. The lowest BCUT2D eigenvalue weighted by Crippen LogP contribution is -2.61. The third-order valence-electron chi connectivity index (χ3n) is 10.7. The van der Waals surface area contributed by atoms with Crippen LogP contribution in [0, 0.1) is 0 Å². The van der Waals surface area contributed by atoms with Gasteiger partial charge in [-0.05, 0) is 61.1 Å². The van der Waals surface area contributed by atoms with Gasteiger partial charge in [-0.15, -0.1) is 0 Å². The molecule has 0 fully saturated rings. The van der Waals surface area contributed by atoms with E-state index in [0.717, 1.165) is 22.0 Å². The van der Waals surface area contributed by atoms with Crippen LogP contribution in [0.15, 0.2) is 121 Å². The average molecular weight is 875 g/mol. The Morgan fingerprint density at radius 2 is 1.11 bits per heavy atom. The summed E-state index contributed by atoms with van der Waals surface area (Å²) in [5, 5.41) is 37.9. The average Bonchev–Trinajstić information content (AvgIpc) is 3.70. The topological polar surface area (TPSA) is 257 Å². The number of nitrogens with one attached hydrogen (secondary N) is 7. The number of carboxylic acid groups (broad SMARTS) is 1. The first-order chi connectivity index (χ1) is 30.9. The molecule has 0 saturated carbocycles. The predicted molar refractivity (Wildman–Crippen MR) is 242 cm³/mol. The summed E-state index contributed by atoms with van der Waals surface area (Å²) in [7, 11) is 0.